The monoisotopic (exact) mass is 834 g/mol. The summed E-state index contributed by atoms with van der Waals surface area (Å²) in [5.41, 5.74) is 1.32. The first kappa shape index (κ1) is 45.7. The van der Waals surface area contributed by atoms with Gasteiger partial charge < -0.3 is 39.8 Å². The van der Waals surface area contributed by atoms with Gasteiger partial charge >= 0.3 is 18.2 Å². The number of esters is 1. The second kappa shape index (κ2) is 23.8. The van der Waals surface area contributed by atoms with Crippen LogP contribution in [0.1, 0.15) is 92.4 Å². The molecule has 0 bridgehead atoms. The van der Waals surface area contributed by atoms with Gasteiger partial charge in [-0.15, -0.1) is 0 Å². The largest absolute Gasteiger partial charge is 0.460 e. The lowest BCUT2D eigenvalue weighted by Crippen LogP contribution is -2.33. The first-order valence-electron chi connectivity index (χ1n) is 14.6. The number of hydrogen-bond acceptors (Lipinski definition) is 9. The topological polar surface area (TPSA) is 153 Å². The molecule has 4 N–H and O–H groups in total. The lowest BCUT2D eigenvalue weighted by atomic mass is 9.85. The van der Waals surface area contributed by atoms with Gasteiger partial charge in [-0.3, -0.25) is 4.79 Å². The molecule has 0 heterocycles. The van der Waals surface area contributed by atoms with E-state index in [9.17, 15) is 14.4 Å². The van der Waals surface area contributed by atoms with Crippen LogP contribution in [0.4, 0.5) is 9.59 Å². The molecule has 0 aromatic heterocycles. The Bertz CT molecular complexity index is 942. The van der Waals surface area contributed by atoms with Crippen molar-refractivity contribution < 1.29 is 43.5 Å². The van der Waals surface area contributed by atoms with Crippen LogP contribution in [-0.4, -0.2) is 80.7 Å². The fourth-order valence-electron chi connectivity index (χ4n) is 3.14. The summed E-state index contributed by atoms with van der Waals surface area (Å²) in [6.45, 7) is 17.3. The Morgan fingerprint density at radius 1 is 0.800 bits per heavy atom. The first-order valence-corrected chi connectivity index (χ1v) is 17.3. The molecule has 2 amide bonds. The number of ether oxygens (including phenoxy) is 4. The molecule has 1 aliphatic rings. The SMILES string of the molecule is BrC(Br)Br.CC(C)(C)OC(=O)CCCOC1Cc2ccccc21.CC(C)(C)OC(=O)NCCO.CC(C)(C)OC(=O)NCCO. The number of aliphatic hydroxyl groups is 2. The first-order chi connectivity index (χ1) is 20.6. The average Bonchev–Trinajstić information content (AvgIpc) is 2.84. The number of amides is 2. The number of carbonyl (C=O) groups excluding carboxylic acids is 3. The lowest BCUT2D eigenvalue weighted by molar-refractivity contribution is -0.155. The molecule has 1 atom stereocenters. The van der Waals surface area contributed by atoms with E-state index < -0.39 is 29.0 Å². The second-order valence-electron chi connectivity index (χ2n) is 12.5. The number of benzene rings is 1. The number of carbonyl (C=O) groups is 3. The van der Waals surface area contributed by atoms with Gasteiger partial charge in [0.1, 0.15) is 19.4 Å². The Labute approximate surface area is 294 Å². The number of halogens is 3. The van der Waals surface area contributed by atoms with E-state index in [2.05, 4.69) is 76.6 Å². The molecule has 14 heteroatoms. The third-order valence-corrected chi connectivity index (χ3v) is 4.63. The predicted octanol–water partition coefficient (Wildman–Crippen LogP) is 6.88. The summed E-state index contributed by atoms with van der Waals surface area (Å²) in [5.74, 6) is -0.148. The molecule has 2 rings (SSSR count). The molecular formula is C31H53Br3N2O9. The minimum absolute atomic E-state index is 0.0702. The van der Waals surface area contributed by atoms with Crippen LogP contribution in [0.2, 0.25) is 0 Å². The lowest BCUT2D eigenvalue weighted by Gasteiger charge is -2.30. The van der Waals surface area contributed by atoms with Crippen molar-refractivity contribution in [2.75, 3.05) is 32.9 Å². The molecule has 1 aromatic rings. The summed E-state index contributed by atoms with van der Waals surface area (Å²) in [6, 6.07) is 8.33. The fourth-order valence-corrected chi connectivity index (χ4v) is 3.14. The number of aliphatic hydroxyl groups excluding tert-OH is 2. The molecule has 45 heavy (non-hydrogen) atoms. The van der Waals surface area contributed by atoms with Crippen molar-refractivity contribution in [1.82, 2.24) is 10.6 Å². The van der Waals surface area contributed by atoms with E-state index in [1.807, 2.05) is 26.8 Å². The highest BCUT2D eigenvalue weighted by Gasteiger charge is 2.26. The standard InChI is InChI=1S/C16H22O3.2C7H15NO3.CHBr3/c1-16(2,3)19-15(17)9-6-10-18-14-11-12-7-4-5-8-13(12)14;2*1-7(2,3)11-6(10)8-4-5-9;2-1(3)4/h4-5,7-8,14H,6,9-11H2,1-3H3;2*9H,4-5H2,1-3H3,(H,8,10);1H. The number of rotatable bonds is 9. The Hall–Kier alpha value is -1.45. The van der Waals surface area contributed by atoms with Crippen molar-refractivity contribution in [2.24, 2.45) is 0 Å². The molecule has 0 saturated heterocycles. The van der Waals surface area contributed by atoms with E-state index in [-0.39, 0.29) is 41.0 Å². The zero-order chi connectivity index (χ0) is 35.3. The van der Waals surface area contributed by atoms with Crippen molar-refractivity contribution in [1.29, 1.82) is 0 Å². The summed E-state index contributed by atoms with van der Waals surface area (Å²) in [7, 11) is 0. The Morgan fingerprint density at radius 2 is 1.22 bits per heavy atom. The minimum Gasteiger partial charge on any atom is -0.460 e. The van der Waals surface area contributed by atoms with Crippen LogP contribution in [0.3, 0.4) is 0 Å². The molecule has 0 fully saturated rings. The van der Waals surface area contributed by atoms with Crippen molar-refractivity contribution in [3.63, 3.8) is 0 Å². The van der Waals surface area contributed by atoms with Gasteiger partial charge in [0, 0.05) is 32.5 Å². The number of hydrogen-bond donors (Lipinski definition) is 4. The Morgan fingerprint density at radius 3 is 1.60 bits per heavy atom. The average molecular weight is 837 g/mol. The van der Waals surface area contributed by atoms with Crippen molar-refractivity contribution in [2.45, 2.75) is 107 Å². The summed E-state index contributed by atoms with van der Waals surface area (Å²) in [4.78, 5) is 33.1. The van der Waals surface area contributed by atoms with Gasteiger partial charge in [0.05, 0.1) is 19.3 Å². The maximum Gasteiger partial charge on any atom is 0.407 e. The molecule has 0 radical (unpaired) electrons. The molecule has 0 saturated carbocycles. The highest BCUT2D eigenvalue weighted by molar-refractivity contribution is 9.38. The van der Waals surface area contributed by atoms with E-state index in [0.29, 0.717) is 19.4 Å². The van der Waals surface area contributed by atoms with Crippen LogP contribution < -0.4 is 10.6 Å². The van der Waals surface area contributed by atoms with Gasteiger partial charge in [-0.25, -0.2) is 9.59 Å². The normalized spacial score (nSPS) is 13.5. The second-order valence-corrected chi connectivity index (χ2v) is 18.9. The van der Waals surface area contributed by atoms with Crippen LogP contribution >= 0.6 is 47.8 Å². The van der Waals surface area contributed by atoms with Crippen molar-refractivity contribution in [3.8, 4) is 0 Å². The third kappa shape index (κ3) is 30.9. The molecule has 1 aliphatic carbocycles. The summed E-state index contributed by atoms with van der Waals surface area (Å²) >= 11 is 9.31. The van der Waals surface area contributed by atoms with Crippen LogP contribution in [0, 0.1) is 0 Å². The number of fused-ring (bicyclic) bond motifs is 1. The number of nitrogens with one attached hydrogen (secondary N) is 2. The molecule has 0 spiro atoms. The fraction of sp³-hybridized carbons (Fsp3) is 0.710. The third-order valence-electron chi connectivity index (χ3n) is 4.63. The number of alkyl halides is 3. The molecule has 11 nitrogen and oxygen atoms in total. The molecule has 262 valence electrons. The molecular weight excluding hydrogens is 784 g/mol. The number of alkyl carbamates (subject to hydrolysis) is 2. The van der Waals surface area contributed by atoms with E-state index in [0.717, 1.165) is 6.42 Å². The zero-order valence-corrected chi connectivity index (χ0v) is 32.8. The van der Waals surface area contributed by atoms with Crippen LogP contribution in [0.15, 0.2) is 24.3 Å². The zero-order valence-electron chi connectivity index (χ0n) is 28.0. The maximum atomic E-state index is 11.5. The van der Waals surface area contributed by atoms with Crippen molar-refractivity contribution in [3.05, 3.63) is 35.4 Å². The molecule has 0 aliphatic heterocycles. The summed E-state index contributed by atoms with van der Waals surface area (Å²) in [6.07, 6.45) is 1.36. The van der Waals surface area contributed by atoms with Gasteiger partial charge in [0.15, 0.2) is 0 Å². The highest BCUT2D eigenvalue weighted by atomic mass is 80.0. The van der Waals surface area contributed by atoms with Crippen LogP contribution in [-0.2, 0) is 30.2 Å². The van der Waals surface area contributed by atoms with Crippen LogP contribution in [0.5, 0.6) is 0 Å². The van der Waals surface area contributed by atoms with E-state index in [4.69, 9.17) is 29.2 Å². The molecule has 1 aromatic carbocycles. The van der Waals surface area contributed by atoms with E-state index >= 15 is 0 Å². The van der Waals surface area contributed by atoms with E-state index in [1.54, 1.807) is 41.5 Å². The van der Waals surface area contributed by atoms with Gasteiger partial charge in [-0.05, 0) is 79.9 Å². The van der Waals surface area contributed by atoms with Gasteiger partial charge in [-0.2, -0.15) is 0 Å². The highest BCUT2D eigenvalue weighted by Crippen LogP contribution is 2.35. The van der Waals surface area contributed by atoms with Gasteiger partial charge in [0.25, 0.3) is 0 Å². The Balaban J connectivity index is 0. The van der Waals surface area contributed by atoms with E-state index in [1.165, 1.54) is 11.1 Å². The van der Waals surface area contributed by atoms with Gasteiger partial charge in [0.2, 0.25) is 0 Å². The van der Waals surface area contributed by atoms with Crippen LogP contribution in [0.25, 0.3) is 0 Å². The summed E-state index contributed by atoms with van der Waals surface area (Å²) in [5, 5.41) is 21.4. The Kier molecular flexibility index (Phi) is 24.2. The quantitative estimate of drug-likeness (QED) is 0.0903. The maximum absolute atomic E-state index is 11.5. The molecule has 1 unspecified atom stereocenters. The smallest absolute Gasteiger partial charge is 0.407 e. The minimum atomic E-state index is -0.494. The van der Waals surface area contributed by atoms with Crippen molar-refractivity contribution >= 4 is 65.9 Å². The predicted molar refractivity (Wildman–Crippen MR) is 187 cm³/mol. The van der Waals surface area contributed by atoms with Gasteiger partial charge in [-0.1, -0.05) is 72.1 Å². The summed E-state index contributed by atoms with van der Waals surface area (Å²) < 4.78 is 21.1.